The number of likely N-dealkylation sites (N-methyl/N-ethyl adjacent to an activating group) is 1. The first-order valence-electron chi connectivity index (χ1n) is 6.23. The number of pyridine rings is 1. The van der Waals surface area contributed by atoms with Crippen LogP contribution in [-0.2, 0) is 13.0 Å². The van der Waals surface area contributed by atoms with Gasteiger partial charge < -0.3 is 5.73 Å². The van der Waals surface area contributed by atoms with Crippen LogP contribution in [0.1, 0.15) is 17.5 Å². The molecule has 0 saturated carbocycles. The number of aromatic nitrogens is 1. The molecule has 96 valence electrons. The monoisotopic (exact) mass is 261 g/mol. The highest BCUT2D eigenvalue weighted by atomic mass is 32.1. The molecule has 2 aromatic heterocycles. The summed E-state index contributed by atoms with van der Waals surface area (Å²) in [6, 6.07) is 8.22. The third kappa shape index (κ3) is 3.82. The van der Waals surface area contributed by atoms with Crippen LogP contribution in [0, 0.1) is 0 Å². The smallest absolute Gasteiger partial charge is 0.0501 e. The van der Waals surface area contributed by atoms with E-state index in [0.717, 1.165) is 37.4 Å². The van der Waals surface area contributed by atoms with Gasteiger partial charge in [0.1, 0.15) is 0 Å². The highest BCUT2D eigenvalue weighted by Gasteiger charge is 2.05. The van der Waals surface area contributed by atoms with Crippen molar-refractivity contribution in [3.8, 4) is 0 Å². The second-order valence-corrected chi connectivity index (χ2v) is 5.31. The van der Waals surface area contributed by atoms with E-state index in [1.165, 1.54) is 4.88 Å². The molecule has 0 amide bonds. The standard InChI is InChI=1S/C14H19N3S/c1-2-17(11-14-4-3-9-18-14)8-7-13-6-5-12(15)10-16-13/h3-6,9-10H,2,7-8,11,15H2,1H3. The highest BCUT2D eigenvalue weighted by Crippen LogP contribution is 2.12. The Hall–Kier alpha value is -1.39. The van der Waals surface area contributed by atoms with Crippen LogP contribution in [-0.4, -0.2) is 23.0 Å². The van der Waals surface area contributed by atoms with Gasteiger partial charge in [-0.2, -0.15) is 0 Å². The Balaban J connectivity index is 1.85. The molecule has 0 bridgehead atoms. The van der Waals surface area contributed by atoms with Crippen molar-refractivity contribution in [2.45, 2.75) is 19.9 Å². The Bertz CT molecular complexity index is 450. The fourth-order valence-corrected chi connectivity index (χ4v) is 2.57. The number of anilines is 1. The molecule has 2 N–H and O–H groups in total. The average Bonchev–Trinajstić information content (AvgIpc) is 2.89. The maximum absolute atomic E-state index is 5.63. The van der Waals surface area contributed by atoms with E-state index in [-0.39, 0.29) is 0 Å². The summed E-state index contributed by atoms with van der Waals surface area (Å²) in [5.41, 5.74) is 7.46. The number of nitrogens with two attached hydrogens (primary N) is 1. The zero-order valence-electron chi connectivity index (χ0n) is 10.7. The summed E-state index contributed by atoms with van der Waals surface area (Å²) in [4.78, 5) is 8.19. The Morgan fingerprint density at radius 1 is 1.33 bits per heavy atom. The SMILES string of the molecule is CCN(CCc1ccc(N)cn1)Cc1cccs1. The third-order valence-electron chi connectivity index (χ3n) is 2.94. The molecular weight excluding hydrogens is 242 g/mol. The fourth-order valence-electron chi connectivity index (χ4n) is 1.83. The normalized spacial score (nSPS) is 11.0. The van der Waals surface area contributed by atoms with Gasteiger partial charge in [0.25, 0.3) is 0 Å². The van der Waals surface area contributed by atoms with E-state index in [9.17, 15) is 0 Å². The first kappa shape index (κ1) is 13.1. The average molecular weight is 261 g/mol. The molecular formula is C14H19N3S. The lowest BCUT2D eigenvalue weighted by Crippen LogP contribution is -2.25. The number of hydrogen-bond donors (Lipinski definition) is 1. The molecule has 18 heavy (non-hydrogen) atoms. The van der Waals surface area contributed by atoms with Crippen LogP contribution in [0.25, 0.3) is 0 Å². The molecule has 3 nitrogen and oxygen atoms in total. The third-order valence-corrected chi connectivity index (χ3v) is 3.80. The maximum atomic E-state index is 5.63. The summed E-state index contributed by atoms with van der Waals surface area (Å²) in [6.07, 6.45) is 2.70. The van der Waals surface area contributed by atoms with E-state index in [2.05, 4.69) is 34.3 Å². The minimum absolute atomic E-state index is 0.727. The van der Waals surface area contributed by atoms with Gasteiger partial charge in [-0.3, -0.25) is 9.88 Å². The van der Waals surface area contributed by atoms with Gasteiger partial charge in [0.05, 0.1) is 11.9 Å². The minimum Gasteiger partial charge on any atom is -0.397 e. The molecule has 0 saturated heterocycles. The van der Waals surface area contributed by atoms with E-state index in [1.54, 1.807) is 6.20 Å². The molecule has 0 fully saturated rings. The van der Waals surface area contributed by atoms with Gasteiger partial charge >= 0.3 is 0 Å². The van der Waals surface area contributed by atoms with Crippen molar-refractivity contribution in [2.24, 2.45) is 0 Å². The molecule has 0 spiro atoms. The zero-order valence-corrected chi connectivity index (χ0v) is 11.5. The summed E-state index contributed by atoms with van der Waals surface area (Å²) in [5.74, 6) is 0. The van der Waals surface area contributed by atoms with Gasteiger partial charge in [0.15, 0.2) is 0 Å². The summed E-state index contributed by atoms with van der Waals surface area (Å²) in [5, 5.41) is 2.13. The van der Waals surface area contributed by atoms with Crippen LogP contribution in [0.4, 0.5) is 5.69 Å². The van der Waals surface area contributed by atoms with Crippen LogP contribution in [0.3, 0.4) is 0 Å². The number of nitrogens with zero attached hydrogens (tertiary/aromatic N) is 2. The van der Waals surface area contributed by atoms with E-state index < -0.39 is 0 Å². The predicted octanol–water partition coefficient (Wildman–Crippen LogP) is 2.79. The second-order valence-electron chi connectivity index (χ2n) is 4.28. The number of rotatable bonds is 6. The van der Waals surface area contributed by atoms with Crippen molar-refractivity contribution in [2.75, 3.05) is 18.8 Å². The van der Waals surface area contributed by atoms with Gasteiger partial charge in [-0.25, -0.2) is 0 Å². The fraction of sp³-hybridized carbons (Fsp3) is 0.357. The van der Waals surface area contributed by atoms with Gasteiger partial charge in [-0.05, 0) is 30.1 Å². The number of nitrogen functional groups attached to an aromatic ring is 1. The molecule has 2 aromatic rings. The maximum Gasteiger partial charge on any atom is 0.0501 e. The summed E-state index contributed by atoms with van der Waals surface area (Å²) in [7, 11) is 0. The van der Waals surface area contributed by atoms with Crippen molar-refractivity contribution in [1.82, 2.24) is 9.88 Å². The van der Waals surface area contributed by atoms with Crippen molar-refractivity contribution < 1.29 is 0 Å². The number of thiophene rings is 1. The van der Waals surface area contributed by atoms with E-state index in [1.807, 2.05) is 23.5 Å². The Morgan fingerprint density at radius 3 is 2.83 bits per heavy atom. The molecule has 0 aliphatic rings. The Morgan fingerprint density at radius 2 is 2.22 bits per heavy atom. The molecule has 0 radical (unpaired) electrons. The van der Waals surface area contributed by atoms with Gasteiger partial charge in [0.2, 0.25) is 0 Å². The van der Waals surface area contributed by atoms with Crippen LogP contribution in [0.15, 0.2) is 35.8 Å². The molecule has 0 aromatic carbocycles. The van der Waals surface area contributed by atoms with Crippen molar-refractivity contribution in [1.29, 1.82) is 0 Å². The first-order valence-corrected chi connectivity index (χ1v) is 7.11. The Kier molecular flexibility index (Phi) is 4.73. The number of hydrogen-bond acceptors (Lipinski definition) is 4. The van der Waals surface area contributed by atoms with Crippen molar-refractivity contribution in [3.05, 3.63) is 46.4 Å². The summed E-state index contributed by atoms with van der Waals surface area (Å²) in [6.45, 7) is 5.32. The second kappa shape index (κ2) is 6.52. The lowest BCUT2D eigenvalue weighted by atomic mass is 10.2. The molecule has 0 unspecified atom stereocenters. The zero-order chi connectivity index (χ0) is 12.8. The summed E-state index contributed by atoms with van der Waals surface area (Å²) >= 11 is 1.82. The van der Waals surface area contributed by atoms with Gasteiger partial charge in [-0.15, -0.1) is 11.3 Å². The van der Waals surface area contributed by atoms with Crippen LogP contribution < -0.4 is 5.73 Å². The molecule has 0 atom stereocenters. The lowest BCUT2D eigenvalue weighted by molar-refractivity contribution is 0.285. The molecule has 0 aliphatic heterocycles. The molecule has 4 heteroatoms. The van der Waals surface area contributed by atoms with E-state index >= 15 is 0 Å². The Labute approximate surface area is 112 Å². The van der Waals surface area contributed by atoms with E-state index in [0.29, 0.717) is 0 Å². The van der Waals surface area contributed by atoms with Crippen molar-refractivity contribution in [3.63, 3.8) is 0 Å². The van der Waals surface area contributed by atoms with Gasteiger partial charge in [-0.1, -0.05) is 13.0 Å². The largest absolute Gasteiger partial charge is 0.397 e. The first-order chi connectivity index (χ1) is 8.78. The molecule has 2 heterocycles. The molecule has 0 aliphatic carbocycles. The topological polar surface area (TPSA) is 42.1 Å². The highest BCUT2D eigenvalue weighted by molar-refractivity contribution is 7.09. The van der Waals surface area contributed by atoms with Crippen molar-refractivity contribution >= 4 is 17.0 Å². The van der Waals surface area contributed by atoms with Crippen LogP contribution in [0.5, 0.6) is 0 Å². The quantitative estimate of drug-likeness (QED) is 0.869. The molecule has 2 rings (SSSR count). The summed E-state index contributed by atoms with van der Waals surface area (Å²) < 4.78 is 0. The van der Waals surface area contributed by atoms with E-state index in [4.69, 9.17) is 5.73 Å². The predicted molar refractivity (Wildman–Crippen MR) is 77.6 cm³/mol. The van der Waals surface area contributed by atoms with Gasteiger partial charge in [0, 0.05) is 30.1 Å². The van der Waals surface area contributed by atoms with Crippen LogP contribution >= 0.6 is 11.3 Å². The van der Waals surface area contributed by atoms with Crippen LogP contribution in [0.2, 0.25) is 0 Å². The minimum atomic E-state index is 0.727. The lowest BCUT2D eigenvalue weighted by Gasteiger charge is -2.19.